The Labute approximate surface area is 126 Å². The smallest absolute Gasteiger partial charge is 0.140 e. The van der Waals surface area contributed by atoms with Crippen LogP contribution in [0.3, 0.4) is 0 Å². The predicted octanol–water partition coefficient (Wildman–Crippen LogP) is 3.10. The fourth-order valence-electron chi connectivity index (χ4n) is 3.03. The average molecular weight is 287 g/mol. The Morgan fingerprint density at radius 2 is 2.29 bits per heavy atom. The zero-order chi connectivity index (χ0) is 14.8. The van der Waals surface area contributed by atoms with Crippen molar-refractivity contribution in [2.24, 2.45) is 0 Å². The molecule has 0 aliphatic carbocycles. The van der Waals surface area contributed by atoms with Crippen LogP contribution in [-0.4, -0.2) is 27.8 Å². The number of rotatable bonds is 5. The van der Waals surface area contributed by atoms with E-state index in [-0.39, 0.29) is 0 Å². The van der Waals surface area contributed by atoms with Gasteiger partial charge in [0, 0.05) is 30.4 Å². The molecule has 0 radical (unpaired) electrons. The van der Waals surface area contributed by atoms with Crippen LogP contribution in [0.1, 0.15) is 39.2 Å². The summed E-state index contributed by atoms with van der Waals surface area (Å²) in [6, 6.07) is 4.66. The highest BCUT2D eigenvalue weighted by Gasteiger charge is 2.23. The van der Waals surface area contributed by atoms with Crippen LogP contribution < -0.4 is 5.32 Å². The molecule has 0 aromatic carbocycles. The van der Waals surface area contributed by atoms with Gasteiger partial charge in [-0.3, -0.25) is 0 Å². The van der Waals surface area contributed by atoms with Crippen LogP contribution in [0, 0.1) is 0 Å². The van der Waals surface area contributed by atoms with Crippen molar-refractivity contribution in [3.63, 3.8) is 0 Å². The molecule has 1 saturated heterocycles. The first-order chi connectivity index (χ1) is 10.1. The van der Waals surface area contributed by atoms with Crippen molar-refractivity contribution in [3.05, 3.63) is 30.1 Å². The molecule has 1 N–H and O–H groups in total. The number of fused-ring (bicyclic) bond motifs is 1. The molecule has 0 saturated carbocycles. The third kappa shape index (κ3) is 3.27. The highest BCUT2D eigenvalue weighted by molar-refractivity contribution is 5.80. The molecule has 1 aliphatic rings. The lowest BCUT2D eigenvalue weighted by molar-refractivity contribution is 0.0464. The van der Waals surface area contributed by atoms with Crippen molar-refractivity contribution in [1.82, 2.24) is 14.9 Å². The summed E-state index contributed by atoms with van der Waals surface area (Å²) in [6.07, 6.45) is 7.14. The van der Waals surface area contributed by atoms with Gasteiger partial charge in [0.1, 0.15) is 5.65 Å². The van der Waals surface area contributed by atoms with E-state index in [1.807, 2.05) is 12.3 Å². The van der Waals surface area contributed by atoms with E-state index in [4.69, 9.17) is 4.74 Å². The quantitative estimate of drug-likeness (QED) is 0.918. The lowest BCUT2D eigenvalue weighted by Crippen LogP contribution is -2.21. The molecule has 3 heterocycles. The fraction of sp³-hybridized carbons (Fsp3) is 0.588. The normalized spacial score (nSPS) is 22.5. The van der Waals surface area contributed by atoms with E-state index in [1.165, 1.54) is 17.4 Å². The van der Waals surface area contributed by atoms with Gasteiger partial charge in [0.05, 0.1) is 18.8 Å². The number of ether oxygens (including phenoxy) is 1. The molecule has 4 heteroatoms. The standard InChI is InChI=1S/C17H25N3O/c1-12(2)19-9-14-10-20(11-15-7-6-13(3)21-15)17-16(14)5-4-8-18-17/h4-5,8,10,12-13,15,19H,6-7,9,11H2,1-3H3. The van der Waals surface area contributed by atoms with Gasteiger partial charge in [0.15, 0.2) is 0 Å². The molecule has 1 aliphatic heterocycles. The number of hydrogen-bond donors (Lipinski definition) is 1. The Morgan fingerprint density at radius 1 is 1.43 bits per heavy atom. The Balaban J connectivity index is 1.84. The molecule has 2 aromatic heterocycles. The minimum absolute atomic E-state index is 0.323. The van der Waals surface area contributed by atoms with Crippen molar-refractivity contribution < 1.29 is 4.74 Å². The largest absolute Gasteiger partial charge is 0.373 e. The Kier molecular flexibility index (Phi) is 4.27. The molecular weight excluding hydrogens is 262 g/mol. The van der Waals surface area contributed by atoms with Crippen LogP contribution in [0.4, 0.5) is 0 Å². The molecule has 0 bridgehead atoms. The van der Waals surface area contributed by atoms with Gasteiger partial charge in [-0.25, -0.2) is 4.98 Å². The van der Waals surface area contributed by atoms with E-state index >= 15 is 0 Å². The molecule has 2 unspecified atom stereocenters. The number of hydrogen-bond acceptors (Lipinski definition) is 3. The van der Waals surface area contributed by atoms with Gasteiger partial charge >= 0.3 is 0 Å². The maximum Gasteiger partial charge on any atom is 0.140 e. The highest BCUT2D eigenvalue weighted by Crippen LogP contribution is 2.24. The summed E-state index contributed by atoms with van der Waals surface area (Å²) in [6.45, 7) is 8.29. The van der Waals surface area contributed by atoms with Crippen molar-refractivity contribution in [2.45, 2.75) is 65.0 Å². The maximum atomic E-state index is 5.96. The Bertz CT molecular complexity index is 605. The van der Waals surface area contributed by atoms with Crippen LogP contribution >= 0.6 is 0 Å². The number of nitrogens with one attached hydrogen (secondary N) is 1. The molecule has 4 nitrogen and oxygen atoms in total. The van der Waals surface area contributed by atoms with Crippen LogP contribution in [0.15, 0.2) is 24.5 Å². The zero-order valence-electron chi connectivity index (χ0n) is 13.2. The van der Waals surface area contributed by atoms with Gasteiger partial charge in [-0.1, -0.05) is 13.8 Å². The summed E-state index contributed by atoms with van der Waals surface area (Å²) in [5, 5.41) is 4.74. The van der Waals surface area contributed by atoms with Crippen molar-refractivity contribution in [1.29, 1.82) is 0 Å². The Hall–Kier alpha value is -1.39. The first-order valence-electron chi connectivity index (χ1n) is 7.95. The van der Waals surface area contributed by atoms with E-state index in [9.17, 15) is 0 Å². The maximum absolute atomic E-state index is 5.96. The van der Waals surface area contributed by atoms with Crippen molar-refractivity contribution in [3.8, 4) is 0 Å². The lowest BCUT2D eigenvalue weighted by Gasteiger charge is -2.12. The predicted molar refractivity (Wildman–Crippen MR) is 85.3 cm³/mol. The molecule has 21 heavy (non-hydrogen) atoms. The van der Waals surface area contributed by atoms with Crippen LogP contribution in [0.25, 0.3) is 11.0 Å². The van der Waals surface area contributed by atoms with Gasteiger partial charge in [0.2, 0.25) is 0 Å². The summed E-state index contributed by atoms with van der Waals surface area (Å²) in [5.74, 6) is 0. The third-order valence-electron chi connectivity index (χ3n) is 4.14. The second-order valence-corrected chi connectivity index (χ2v) is 6.36. The van der Waals surface area contributed by atoms with Crippen molar-refractivity contribution >= 4 is 11.0 Å². The first-order valence-corrected chi connectivity index (χ1v) is 7.95. The highest BCUT2D eigenvalue weighted by atomic mass is 16.5. The van der Waals surface area contributed by atoms with Crippen molar-refractivity contribution in [2.75, 3.05) is 0 Å². The zero-order valence-corrected chi connectivity index (χ0v) is 13.2. The van der Waals surface area contributed by atoms with Gasteiger partial charge in [-0.05, 0) is 37.5 Å². The molecule has 1 fully saturated rings. The minimum Gasteiger partial charge on any atom is -0.373 e. The second kappa shape index (κ2) is 6.16. The third-order valence-corrected chi connectivity index (χ3v) is 4.14. The lowest BCUT2D eigenvalue weighted by atomic mass is 10.2. The first kappa shape index (κ1) is 14.5. The van der Waals surface area contributed by atoms with Crippen LogP contribution in [-0.2, 0) is 17.8 Å². The second-order valence-electron chi connectivity index (χ2n) is 6.36. The minimum atomic E-state index is 0.323. The van der Waals surface area contributed by atoms with E-state index in [0.29, 0.717) is 18.2 Å². The van der Waals surface area contributed by atoms with E-state index < -0.39 is 0 Å². The summed E-state index contributed by atoms with van der Waals surface area (Å²) < 4.78 is 8.22. The van der Waals surface area contributed by atoms with Gasteiger partial charge in [0.25, 0.3) is 0 Å². The topological polar surface area (TPSA) is 39.1 Å². The van der Waals surface area contributed by atoms with Crippen LogP contribution in [0.2, 0.25) is 0 Å². The molecule has 2 atom stereocenters. The van der Waals surface area contributed by atoms with E-state index in [2.05, 4.69) is 47.9 Å². The van der Waals surface area contributed by atoms with Gasteiger partial charge in [-0.15, -0.1) is 0 Å². The molecule has 3 rings (SSSR count). The molecule has 0 spiro atoms. The number of aromatic nitrogens is 2. The van der Waals surface area contributed by atoms with E-state index in [1.54, 1.807) is 0 Å². The van der Waals surface area contributed by atoms with Gasteiger partial charge < -0.3 is 14.6 Å². The molecule has 2 aromatic rings. The summed E-state index contributed by atoms with van der Waals surface area (Å²) in [5.41, 5.74) is 2.39. The fourth-order valence-corrected chi connectivity index (χ4v) is 3.03. The van der Waals surface area contributed by atoms with E-state index in [0.717, 1.165) is 25.2 Å². The number of pyridine rings is 1. The summed E-state index contributed by atoms with van der Waals surface area (Å²) >= 11 is 0. The van der Waals surface area contributed by atoms with Crippen LogP contribution in [0.5, 0.6) is 0 Å². The molecule has 114 valence electrons. The Morgan fingerprint density at radius 3 is 3.00 bits per heavy atom. The summed E-state index contributed by atoms with van der Waals surface area (Å²) in [4.78, 5) is 4.57. The van der Waals surface area contributed by atoms with Gasteiger partial charge in [-0.2, -0.15) is 0 Å². The SMILES string of the molecule is CC(C)NCc1cn(CC2CCC(C)O2)c2ncccc12. The monoisotopic (exact) mass is 287 g/mol. The number of nitrogens with zero attached hydrogens (tertiary/aromatic N) is 2. The summed E-state index contributed by atoms with van der Waals surface area (Å²) in [7, 11) is 0. The average Bonchev–Trinajstić information content (AvgIpc) is 3.02. The molecular formula is C17H25N3O. The molecule has 0 amide bonds.